The SMILES string of the molecule is COc1cc(C2C3=CCC4C(=O)N(c5ccc(C(C)=O)cc5)C(=O)C4C3CC3C(=O)N(Nc4ccc(F)cc4)C(=O)C32c2ccc(Cl)cc2)ccc1O. The number of nitrogens with zero attached hydrogens (tertiary/aromatic N) is 2. The summed E-state index contributed by atoms with van der Waals surface area (Å²) in [7, 11) is 1.41. The molecule has 4 aliphatic rings. The van der Waals surface area contributed by atoms with Crippen LogP contribution in [0.15, 0.2) is 103 Å². The number of imide groups is 2. The van der Waals surface area contributed by atoms with E-state index in [1.54, 1.807) is 60.7 Å². The van der Waals surface area contributed by atoms with Gasteiger partial charge in [-0.3, -0.25) is 34.3 Å². The van der Waals surface area contributed by atoms with Crippen molar-refractivity contribution in [3.05, 3.63) is 130 Å². The van der Waals surface area contributed by atoms with Crippen molar-refractivity contribution in [3.63, 3.8) is 0 Å². The molecular formula is C41H33ClFN3O7. The van der Waals surface area contributed by atoms with Crippen LogP contribution >= 0.6 is 11.6 Å². The minimum Gasteiger partial charge on any atom is -0.504 e. The van der Waals surface area contributed by atoms with Gasteiger partial charge >= 0.3 is 0 Å². The molecule has 1 saturated carbocycles. The van der Waals surface area contributed by atoms with Crippen molar-refractivity contribution in [3.8, 4) is 11.5 Å². The predicted molar refractivity (Wildman–Crippen MR) is 193 cm³/mol. The summed E-state index contributed by atoms with van der Waals surface area (Å²) in [5.41, 5.74) is 4.20. The molecule has 2 heterocycles. The molecule has 2 aliphatic carbocycles. The fourth-order valence-electron chi connectivity index (χ4n) is 9.00. The maximum atomic E-state index is 15.2. The van der Waals surface area contributed by atoms with E-state index in [-0.39, 0.29) is 36.0 Å². The molecule has 0 radical (unpaired) electrons. The van der Waals surface area contributed by atoms with Crippen LogP contribution in [0.3, 0.4) is 0 Å². The summed E-state index contributed by atoms with van der Waals surface area (Å²) in [4.78, 5) is 71.7. The zero-order valence-corrected chi connectivity index (χ0v) is 29.3. The number of hydrogen-bond donors (Lipinski definition) is 2. The molecule has 8 rings (SSSR count). The average Bonchev–Trinajstić information content (AvgIpc) is 3.53. The molecule has 10 nitrogen and oxygen atoms in total. The largest absolute Gasteiger partial charge is 0.504 e. The van der Waals surface area contributed by atoms with E-state index in [4.69, 9.17) is 16.3 Å². The van der Waals surface area contributed by atoms with E-state index in [1.165, 1.54) is 49.3 Å². The number of amides is 4. The second kappa shape index (κ2) is 12.7. The molecule has 0 aromatic heterocycles. The molecule has 6 atom stereocenters. The first kappa shape index (κ1) is 34.3. The Balaban J connectivity index is 1.31. The number of hydrogen-bond acceptors (Lipinski definition) is 8. The Kier molecular flexibility index (Phi) is 8.21. The number of methoxy groups -OCH3 is 1. The minimum absolute atomic E-state index is 0.0592. The standard InChI is InChI=1S/C41H33ClFN3O7/c1-21(47)22-3-14-28(15-4-22)45-37(49)30-17-16-29-31(35(30)39(45)51)20-32-38(50)46(44-27-12-10-26(43)11-13-27)40(52)41(32,24-6-8-25(42)9-7-24)36(29)23-5-18-33(48)34(19-23)53-2/h3-16,18-19,30-32,35-36,44,48H,17,20H2,1-2H3. The lowest BCUT2D eigenvalue weighted by atomic mass is 9.49. The molecule has 3 fully saturated rings. The van der Waals surface area contributed by atoms with E-state index in [9.17, 15) is 28.7 Å². The van der Waals surface area contributed by atoms with Gasteiger partial charge in [-0.25, -0.2) is 4.39 Å². The summed E-state index contributed by atoms with van der Waals surface area (Å²) in [5.74, 6) is -6.67. The first-order valence-electron chi connectivity index (χ1n) is 17.2. The number of anilines is 2. The van der Waals surface area contributed by atoms with Crippen LogP contribution < -0.4 is 15.1 Å². The number of phenolic OH excluding ortho intramolecular Hbond substituents is 1. The van der Waals surface area contributed by atoms with E-state index in [0.717, 1.165) is 5.01 Å². The van der Waals surface area contributed by atoms with E-state index < -0.39 is 58.5 Å². The van der Waals surface area contributed by atoms with Gasteiger partial charge in [0.15, 0.2) is 17.3 Å². The van der Waals surface area contributed by atoms with Gasteiger partial charge in [0.25, 0.3) is 11.8 Å². The van der Waals surface area contributed by atoms with E-state index >= 15 is 4.79 Å². The van der Waals surface area contributed by atoms with Gasteiger partial charge in [-0.15, -0.1) is 0 Å². The van der Waals surface area contributed by atoms with Gasteiger partial charge in [0.05, 0.1) is 41.7 Å². The fraction of sp³-hybridized carbons (Fsp3) is 0.244. The van der Waals surface area contributed by atoms with Crippen LogP contribution in [-0.2, 0) is 24.6 Å². The average molecular weight is 734 g/mol. The third-order valence-electron chi connectivity index (χ3n) is 11.3. The normalized spacial score (nSPS) is 26.2. The third-order valence-corrected chi connectivity index (χ3v) is 11.6. The summed E-state index contributed by atoms with van der Waals surface area (Å²) in [5, 5.41) is 12.0. The first-order chi connectivity index (χ1) is 25.4. The van der Waals surface area contributed by atoms with E-state index in [0.29, 0.717) is 38.7 Å². The summed E-state index contributed by atoms with van der Waals surface area (Å²) in [6.45, 7) is 1.43. The van der Waals surface area contributed by atoms with Gasteiger partial charge in [-0.2, -0.15) is 5.01 Å². The van der Waals surface area contributed by atoms with Crippen LogP contribution in [-0.4, -0.2) is 46.6 Å². The minimum atomic E-state index is -1.58. The molecule has 0 bridgehead atoms. The Morgan fingerprint density at radius 3 is 2.26 bits per heavy atom. The molecule has 2 saturated heterocycles. The Morgan fingerprint density at radius 2 is 1.60 bits per heavy atom. The van der Waals surface area contributed by atoms with Crippen LogP contribution in [0.25, 0.3) is 0 Å². The van der Waals surface area contributed by atoms with E-state index in [1.807, 2.05) is 6.08 Å². The molecule has 4 amide bonds. The Morgan fingerprint density at radius 1 is 0.906 bits per heavy atom. The summed E-state index contributed by atoms with van der Waals surface area (Å²) in [6, 6.07) is 23.1. The van der Waals surface area contributed by atoms with Crippen LogP contribution in [0.5, 0.6) is 11.5 Å². The van der Waals surface area contributed by atoms with Gasteiger partial charge in [0.2, 0.25) is 11.8 Å². The quantitative estimate of drug-likeness (QED) is 0.124. The molecule has 6 unspecified atom stereocenters. The van der Waals surface area contributed by atoms with Crippen molar-refractivity contribution < 1.29 is 38.2 Å². The van der Waals surface area contributed by atoms with Gasteiger partial charge in [0, 0.05) is 16.5 Å². The van der Waals surface area contributed by atoms with Crippen LogP contribution in [0, 0.1) is 29.5 Å². The second-order valence-electron chi connectivity index (χ2n) is 13.9. The number of allylic oxidation sites excluding steroid dienone is 2. The van der Waals surface area contributed by atoms with Crippen molar-refractivity contribution in [2.45, 2.75) is 31.1 Å². The number of ether oxygens (including phenoxy) is 1. The highest BCUT2D eigenvalue weighted by Gasteiger charge is 2.70. The van der Waals surface area contributed by atoms with Gasteiger partial charge in [-0.1, -0.05) is 41.4 Å². The Bertz CT molecular complexity index is 2240. The number of benzene rings is 4. The summed E-state index contributed by atoms with van der Waals surface area (Å²) < 4.78 is 19.4. The molecule has 53 heavy (non-hydrogen) atoms. The highest BCUT2D eigenvalue weighted by atomic mass is 35.5. The summed E-state index contributed by atoms with van der Waals surface area (Å²) >= 11 is 6.35. The van der Waals surface area contributed by atoms with Gasteiger partial charge in [-0.05, 0) is 110 Å². The van der Waals surface area contributed by atoms with Crippen LogP contribution in [0.4, 0.5) is 15.8 Å². The monoisotopic (exact) mass is 733 g/mol. The molecule has 4 aromatic rings. The number of aromatic hydroxyl groups is 1. The highest BCUT2D eigenvalue weighted by Crippen LogP contribution is 2.64. The lowest BCUT2D eigenvalue weighted by Crippen LogP contribution is -2.53. The molecule has 268 valence electrons. The number of nitrogens with one attached hydrogen (secondary N) is 1. The predicted octanol–water partition coefficient (Wildman–Crippen LogP) is 6.59. The van der Waals surface area contributed by atoms with Gasteiger partial charge in [0.1, 0.15) is 5.82 Å². The molecule has 2 N–H and O–H groups in total. The molecule has 12 heteroatoms. The smallest absolute Gasteiger partial charge is 0.260 e. The van der Waals surface area contributed by atoms with Crippen molar-refractivity contribution >= 4 is 52.4 Å². The third kappa shape index (κ3) is 5.16. The number of fused-ring (bicyclic) bond motifs is 4. The van der Waals surface area contributed by atoms with E-state index in [2.05, 4.69) is 5.43 Å². The zero-order chi connectivity index (χ0) is 37.3. The van der Waals surface area contributed by atoms with Crippen molar-refractivity contribution in [2.24, 2.45) is 23.7 Å². The number of carbonyl (C=O) groups excluding carboxylic acids is 5. The number of hydrazine groups is 1. The molecule has 4 aromatic carbocycles. The highest BCUT2D eigenvalue weighted by molar-refractivity contribution is 6.30. The lowest BCUT2D eigenvalue weighted by Gasteiger charge is -2.50. The van der Waals surface area contributed by atoms with Crippen molar-refractivity contribution in [1.82, 2.24) is 5.01 Å². The molecule has 2 aliphatic heterocycles. The van der Waals surface area contributed by atoms with Crippen LogP contribution in [0.2, 0.25) is 5.02 Å². The second-order valence-corrected chi connectivity index (χ2v) is 14.4. The zero-order valence-electron chi connectivity index (χ0n) is 28.6. The van der Waals surface area contributed by atoms with Gasteiger partial charge < -0.3 is 9.84 Å². The summed E-state index contributed by atoms with van der Waals surface area (Å²) in [6.07, 6.45) is 2.19. The number of ketones is 1. The number of halogens is 2. The topological polar surface area (TPSA) is 133 Å². The van der Waals surface area contributed by atoms with Crippen LogP contribution in [0.1, 0.15) is 47.2 Å². The maximum Gasteiger partial charge on any atom is 0.260 e. The number of phenols is 1. The number of Topliss-reactive ketones (excluding diaryl/α,β-unsaturated/α-hetero) is 1. The first-order valence-corrected chi connectivity index (χ1v) is 17.6. The van der Waals surface area contributed by atoms with Crippen molar-refractivity contribution in [1.29, 1.82) is 0 Å². The molecular weight excluding hydrogens is 701 g/mol. The fourth-order valence-corrected chi connectivity index (χ4v) is 9.13. The molecule has 0 spiro atoms. The number of rotatable bonds is 7. The Hall–Kier alpha value is -5.81. The number of carbonyl (C=O) groups is 5. The Labute approximate surface area is 308 Å². The van der Waals surface area contributed by atoms with Crippen molar-refractivity contribution in [2.75, 3.05) is 17.4 Å². The lowest BCUT2D eigenvalue weighted by molar-refractivity contribution is -0.138. The maximum absolute atomic E-state index is 15.2.